The summed E-state index contributed by atoms with van der Waals surface area (Å²) >= 11 is -2.08. The molecule has 201 valence electrons. The Kier molecular flexibility index (Phi) is 7.43. The number of imidazole rings is 1. The summed E-state index contributed by atoms with van der Waals surface area (Å²) in [5.41, 5.74) is 8.74. The quantitative estimate of drug-likeness (QED) is 0.130. The molecular formula is C34H35GeIrN2O-. The van der Waals surface area contributed by atoms with Gasteiger partial charge in [-0.1, -0.05) is 0 Å². The van der Waals surface area contributed by atoms with Gasteiger partial charge in [-0.05, 0) is 0 Å². The van der Waals surface area contributed by atoms with Gasteiger partial charge in [0.25, 0.3) is 0 Å². The van der Waals surface area contributed by atoms with Gasteiger partial charge in [0.2, 0.25) is 0 Å². The van der Waals surface area contributed by atoms with E-state index in [9.17, 15) is 0 Å². The van der Waals surface area contributed by atoms with Crippen LogP contribution >= 0.6 is 0 Å². The molecule has 0 aliphatic heterocycles. The maximum atomic E-state index is 6.47. The zero-order valence-corrected chi connectivity index (χ0v) is 28.2. The molecular weight excluding hydrogens is 717 g/mol. The predicted molar refractivity (Wildman–Crippen MR) is 164 cm³/mol. The molecule has 2 aromatic heterocycles. The first-order valence-corrected chi connectivity index (χ1v) is 21.0. The zero-order chi connectivity index (χ0) is 26.8. The summed E-state index contributed by atoms with van der Waals surface area (Å²) < 4.78 is 10.4. The summed E-state index contributed by atoms with van der Waals surface area (Å²) in [6.45, 7) is 9.25. The van der Waals surface area contributed by atoms with E-state index in [4.69, 9.17) is 9.40 Å². The van der Waals surface area contributed by atoms with Gasteiger partial charge in [-0.2, -0.15) is 0 Å². The van der Waals surface area contributed by atoms with Crippen LogP contribution in [0.2, 0.25) is 17.3 Å². The molecule has 39 heavy (non-hydrogen) atoms. The number of hydrogen-bond donors (Lipinski definition) is 0. The number of benzene rings is 4. The minimum atomic E-state index is -2.08. The molecule has 6 rings (SSSR count). The third-order valence-electron chi connectivity index (χ3n) is 7.63. The topological polar surface area (TPSA) is 31.0 Å². The first kappa shape index (κ1) is 27.9. The Bertz CT molecular complexity index is 1790. The second-order valence-electron chi connectivity index (χ2n) is 12.0. The number of hydrogen-bond acceptors (Lipinski definition) is 2. The van der Waals surface area contributed by atoms with Gasteiger partial charge in [-0.15, -0.1) is 0 Å². The van der Waals surface area contributed by atoms with Crippen molar-refractivity contribution in [3.05, 3.63) is 90.0 Å². The van der Waals surface area contributed by atoms with Crippen LogP contribution < -0.4 is 4.40 Å². The van der Waals surface area contributed by atoms with Crippen molar-refractivity contribution in [2.45, 2.75) is 56.8 Å². The molecule has 0 amide bonds. The number of rotatable bonds is 5. The second kappa shape index (κ2) is 10.4. The van der Waals surface area contributed by atoms with E-state index in [1.807, 2.05) is 18.2 Å². The third kappa shape index (κ3) is 4.71. The SMILES string of the molecule is CC(C)c1c[c]([Ge]([CH3])([CH3])[CH3])cc(C(C)C)c1-n1c(-c2[c-]ccc3c2oc2ccccc23)nc2ccccc21.[Ir]. The van der Waals surface area contributed by atoms with Crippen molar-refractivity contribution in [1.29, 1.82) is 0 Å². The zero-order valence-electron chi connectivity index (χ0n) is 23.7. The average molecular weight is 752 g/mol. The normalized spacial score (nSPS) is 12.2. The van der Waals surface area contributed by atoms with Crippen LogP contribution in [0.1, 0.15) is 50.7 Å². The number of aromatic nitrogens is 2. The molecule has 3 nitrogen and oxygen atoms in total. The number of para-hydroxylation sites is 3. The fourth-order valence-electron chi connectivity index (χ4n) is 5.53. The fourth-order valence-corrected chi connectivity index (χ4v) is 8.00. The Morgan fingerprint density at radius 2 is 1.46 bits per heavy atom. The largest absolute Gasteiger partial charge is 0 e. The first-order valence-electron chi connectivity index (χ1n) is 13.6. The number of furan rings is 1. The van der Waals surface area contributed by atoms with Gasteiger partial charge < -0.3 is 0 Å². The van der Waals surface area contributed by atoms with Crippen molar-refractivity contribution in [1.82, 2.24) is 9.55 Å². The summed E-state index contributed by atoms with van der Waals surface area (Å²) in [6.07, 6.45) is 0. The molecule has 0 N–H and O–H groups in total. The monoisotopic (exact) mass is 754 g/mol. The van der Waals surface area contributed by atoms with E-state index < -0.39 is 13.3 Å². The fraction of sp³-hybridized carbons (Fsp3) is 0.265. The van der Waals surface area contributed by atoms with Crippen LogP contribution in [-0.4, -0.2) is 22.8 Å². The molecule has 0 aliphatic rings. The van der Waals surface area contributed by atoms with Crippen molar-refractivity contribution in [2.24, 2.45) is 0 Å². The summed E-state index contributed by atoms with van der Waals surface area (Å²) in [7, 11) is 0. The Labute approximate surface area is 247 Å². The van der Waals surface area contributed by atoms with Crippen LogP contribution in [0.3, 0.4) is 0 Å². The minimum Gasteiger partial charge on any atom is 0 e. The van der Waals surface area contributed by atoms with E-state index in [0.717, 1.165) is 44.4 Å². The predicted octanol–water partition coefficient (Wildman–Crippen LogP) is 9.18. The smallest absolute Gasteiger partial charge is 0 e. The van der Waals surface area contributed by atoms with E-state index in [1.165, 1.54) is 16.8 Å². The average Bonchev–Trinajstić information content (AvgIpc) is 3.45. The van der Waals surface area contributed by atoms with Crippen LogP contribution in [0.15, 0.2) is 77.2 Å². The van der Waals surface area contributed by atoms with Crippen molar-refractivity contribution in [3.63, 3.8) is 0 Å². The van der Waals surface area contributed by atoms with E-state index in [2.05, 4.69) is 110 Å². The van der Waals surface area contributed by atoms with E-state index in [0.29, 0.717) is 11.8 Å². The summed E-state index contributed by atoms with van der Waals surface area (Å²) in [5, 5.41) is 2.21. The van der Waals surface area contributed by atoms with Gasteiger partial charge in [0.15, 0.2) is 0 Å². The van der Waals surface area contributed by atoms with Crippen molar-refractivity contribution in [3.8, 4) is 17.1 Å². The Morgan fingerprint density at radius 3 is 2.13 bits per heavy atom. The summed E-state index contributed by atoms with van der Waals surface area (Å²) in [6, 6.07) is 29.3. The van der Waals surface area contributed by atoms with Gasteiger partial charge in [0.05, 0.1) is 0 Å². The Hall–Kier alpha value is -2.66. The van der Waals surface area contributed by atoms with Crippen LogP contribution in [0.4, 0.5) is 0 Å². The van der Waals surface area contributed by atoms with Crippen molar-refractivity contribution < 1.29 is 24.5 Å². The third-order valence-corrected chi connectivity index (χ3v) is 11.9. The summed E-state index contributed by atoms with van der Waals surface area (Å²) in [4.78, 5) is 5.24. The molecule has 2 heterocycles. The van der Waals surface area contributed by atoms with E-state index >= 15 is 0 Å². The molecule has 5 heteroatoms. The van der Waals surface area contributed by atoms with Gasteiger partial charge >= 0.3 is 228 Å². The van der Waals surface area contributed by atoms with Crippen LogP contribution in [0.25, 0.3) is 50.0 Å². The van der Waals surface area contributed by atoms with Crippen LogP contribution in [0.5, 0.6) is 0 Å². The minimum absolute atomic E-state index is 0. The number of nitrogens with zero attached hydrogens (tertiary/aromatic N) is 2. The Morgan fingerprint density at radius 1 is 0.821 bits per heavy atom. The van der Waals surface area contributed by atoms with Crippen LogP contribution in [0, 0.1) is 6.07 Å². The molecule has 6 aromatic rings. The molecule has 0 saturated carbocycles. The molecule has 4 aromatic carbocycles. The van der Waals surface area contributed by atoms with E-state index in [1.54, 1.807) is 4.40 Å². The molecule has 0 aliphatic carbocycles. The van der Waals surface area contributed by atoms with Crippen molar-refractivity contribution >= 4 is 50.6 Å². The second-order valence-corrected chi connectivity index (χ2v) is 22.7. The molecule has 0 unspecified atom stereocenters. The maximum Gasteiger partial charge on any atom is 0 e. The molecule has 0 atom stereocenters. The molecule has 0 bridgehead atoms. The van der Waals surface area contributed by atoms with Gasteiger partial charge in [0.1, 0.15) is 0 Å². The van der Waals surface area contributed by atoms with Gasteiger partial charge in [-0.25, -0.2) is 0 Å². The first-order chi connectivity index (χ1) is 18.1. The van der Waals surface area contributed by atoms with Gasteiger partial charge in [-0.3, -0.25) is 0 Å². The van der Waals surface area contributed by atoms with E-state index in [-0.39, 0.29) is 20.1 Å². The number of fused-ring (bicyclic) bond motifs is 4. The molecule has 0 saturated heterocycles. The Balaban J connectivity index is 0.00000308. The van der Waals surface area contributed by atoms with Crippen molar-refractivity contribution in [2.75, 3.05) is 0 Å². The van der Waals surface area contributed by atoms with Gasteiger partial charge in [0, 0.05) is 20.1 Å². The summed E-state index contributed by atoms with van der Waals surface area (Å²) in [5.74, 6) is 9.07. The standard InChI is InChI=1S/C34H35GeN2O.Ir/c1-21(2)27-19-23(35(5,6)7)20-28(22(3)4)32(27)37-30-17-10-9-16-29(30)36-34(37)26-15-12-14-25-24-13-8-11-18-31(24)38-33(25)26;/h8-14,16-22H,1-7H3;/q-1;. The molecule has 0 fully saturated rings. The van der Waals surface area contributed by atoms with Crippen LogP contribution in [-0.2, 0) is 20.1 Å². The molecule has 0 spiro atoms. The molecule has 1 radical (unpaired) electrons. The maximum absolute atomic E-state index is 6.47.